The van der Waals surface area contributed by atoms with E-state index in [0.717, 1.165) is 11.1 Å². The second-order valence-corrected chi connectivity index (χ2v) is 3.29. The molecule has 0 radical (unpaired) electrons. The zero-order chi connectivity index (χ0) is 10.7. The van der Waals surface area contributed by atoms with Crippen molar-refractivity contribution in [2.24, 2.45) is 5.73 Å². The largest absolute Gasteiger partial charge is 0.493 e. The van der Waals surface area contributed by atoms with Crippen molar-refractivity contribution in [2.45, 2.75) is 13.5 Å². The van der Waals surface area contributed by atoms with Gasteiger partial charge in [0.1, 0.15) is 0 Å². The molecule has 0 saturated heterocycles. The number of hydrogen-bond donors (Lipinski definition) is 1. The first-order valence-corrected chi connectivity index (χ1v) is 4.63. The Balaban J connectivity index is 3.38. The molecule has 78 valence electrons. The quantitative estimate of drug-likeness (QED) is 0.840. The topological polar surface area (TPSA) is 44.5 Å². The van der Waals surface area contributed by atoms with Crippen LogP contribution >= 0.6 is 11.6 Å². The summed E-state index contributed by atoms with van der Waals surface area (Å²) in [6.07, 6.45) is 0. The Morgan fingerprint density at radius 3 is 2.43 bits per heavy atom. The van der Waals surface area contributed by atoms with E-state index < -0.39 is 0 Å². The lowest BCUT2D eigenvalue weighted by Crippen LogP contribution is -2.02. The van der Waals surface area contributed by atoms with Crippen LogP contribution in [0.1, 0.15) is 11.1 Å². The van der Waals surface area contributed by atoms with E-state index in [2.05, 4.69) is 0 Å². The predicted octanol–water partition coefficient (Wildman–Crippen LogP) is 2.12. The van der Waals surface area contributed by atoms with Crippen LogP contribution in [-0.4, -0.2) is 14.2 Å². The second-order valence-electron chi connectivity index (χ2n) is 2.91. The Kier molecular flexibility index (Phi) is 3.61. The van der Waals surface area contributed by atoms with Crippen LogP contribution < -0.4 is 15.2 Å². The molecule has 14 heavy (non-hydrogen) atoms. The van der Waals surface area contributed by atoms with Crippen molar-refractivity contribution < 1.29 is 9.47 Å². The van der Waals surface area contributed by atoms with E-state index in [1.54, 1.807) is 14.2 Å². The molecule has 2 N–H and O–H groups in total. The Labute approximate surface area is 88.8 Å². The monoisotopic (exact) mass is 215 g/mol. The molecule has 3 nitrogen and oxygen atoms in total. The second kappa shape index (κ2) is 4.53. The van der Waals surface area contributed by atoms with Crippen LogP contribution in [0.4, 0.5) is 0 Å². The molecular weight excluding hydrogens is 202 g/mol. The van der Waals surface area contributed by atoms with Crippen molar-refractivity contribution >= 4 is 11.6 Å². The highest BCUT2D eigenvalue weighted by Gasteiger charge is 2.14. The predicted molar refractivity (Wildman–Crippen MR) is 57.2 cm³/mol. The first-order chi connectivity index (χ1) is 6.65. The molecule has 0 atom stereocenters. The van der Waals surface area contributed by atoms with Crippen LogP contribution in [0.5, 0.6) is 11.5 Å². The Bertz CT molecular complexity index is 339. The van der Waals surface area contributed by atoms with Gasteiger partial charge in [-0.15, -0.1) is 0 Å². The van der Waals surface area contributed by atoms with Crippen LogP contribution in [-0.2, 0) is 6.54 Å². The highest BCUT2D eigenvalue weighted by atomic mass is 35.5. The Hall–Kier alpha value is -0.930. The van der Waals surface area contributed by atoms with E-state index in [0.29, 0.717) is 23.1 Å². The SMILES string of the molecule is COc1cc(CN)c(C)c(Cl)c1OC. The third kappa shape index (κ3) is 1.79. The summed E-state index contributed by atoms with van der Waals surface area (Å²) >= 11 is 6.10. The van der Waals surface area contributed by atoms with Crippen molar-refractivity contribution in [3.8, 4) is 11.5 Å². The molecule has 1 aromatic carbocycles. The molecule has 1 aromatic rings. The summed E-state index contributed by atoms with van der Waals surface area (Å²) in [5.41, 5.74) is 7.48. The van der Waals surface area contributed by atoms with Gasteiger partial charge in [-0.1, -0.05) is 11.6 Å². The molecule has 0 aliphatic heterocycles. The molecule has 4 heteroatoms. The minimum absolute atomic E-state index is 0.436. The van der Waals surface area contributed by atoms with Crippen LogP contribution in [0.25, 0.3) is 0 Å². The smallest absolute Gasteiger partial charge is 0.179 e. The van der Waals surface area contributed by atoms with Crippen molar-refractivity contribution in [3.05, 3.63) is 22.2 Å². The van der Waals surface area contributed by atoms with Gasteiger partial charge in [0, 0.05) is 6.54 Å². The van der Waals surface area contributed by atoms with Gasteiger partial charge in [0.25, 0.3) is 0 Å². The molecule has 1 rings (SSSR count). The standard InChI is InChI=1S/C10H14ClNO2/c1-6-7(5-12)4-8(13-2)10(14-3)9(6)11/h4H,5,12H2,1-3H3. The maximum Gasteiger partial charge on any atom is 0.179 e. The fourth-order valence-corrected chi connectivity index (χ4v) is 1.60. The van der Waals surface area contributed by atoms with Gasteiger partial charge in [0.2, 0.25) is 0 Å². The number of ether oxygens (including phenoxy) is 2. The van der Waals surface area contributed by atoms with Crippen LogP contribution in [0.15, 0.2) is 6.07 Å². The highest BCUT2D eigenvalue weighted by Crippen LogP contribution is 2.38. The van der Waals surface area contributed by atoms with Crippen LogP contribution in [0, 0.1) is 6.92 Å². The van der Waals surface area contributed by atoms with Crippen molar-refractivity contribution in [1.29, 1.82) is 0 Å². The number of methoxy groups -OCH3 is 2. The molecule has 0 aliphatic carbocycles. The minimum Gasteiger partial charge on any atom is -0.493 e. The number of nitrogens with two attached hydrogens (primary N) is 1. The van der Waals surface area contributed by atoms with E-state index in [-0.39, 0.29) is 0 Å². The summed E-state index contributed by atoms with van der Waals surface area (Å²) in [5, 5.41) is 0.562. The summed E-state index contributed by atoms with van der Waals surface area (Å²) in [6.45, 7) is 2.35. The molecule has 0 spiro atoms. The summed E-state index contributed by atoms with van der Waals surface area (Å²) in [7, 11) is 3.13. The third-order valence-electron chi connectivity index (χ3n) is 2.18. The summed E-state index contributed by atoms with van der Waals surface area (Å²) in [4.78, 5) is 0. The molecular formula is C10H14ClNO2. The summed E-state index contributed by atoms with van der Waals surface area (Å²) in [5.74, 6) is 1.17. The number of rotatable bonds is 3. The van der Waals surface area contributed by atoms with Gasteiger partial charge in [0.15, 0.2) is 11.5 Å². The number of hydrogen-bond acceptors (Lipinski definition) is 3. The first-order valence-electron chi connectivity index (χ1n) is 4.25. The van der Waals surface area contributed by atoms with Gasteiger partial charge in [-0.05, 0) is 24.1 Å². The van der Waals surface area contributed by atoms with Gasteiger partial charge >= 0.3 is 0 Å². The van der Waals surface area contributed by atoms with Gasteiger partial charge in [-0.3, -0.25) is 0 Å². The lowest BCUT2D eigenvalue weighted by Gasteiger charge is -2.14. The molecule has 0 bridgehead atoms. The average molecular weight is 216 g/mol. The summed E-state index contributed by atoms with van der Waals surface area (Å²) in [6, 6.07) is 1.85. The van der Waals surface area contributed by atoms with Gasteiger partial charge in [-0.25, -0.2) is 0 Å². The average Bonchev–Trinajstić information content (AvgIpc) is 2.21. The van der Waals surface area contributed by atoms with Gasteiger partial charge in [0.05, 0.1) is 19.2 Å². The van der Waals surface area contributed by atoms with Crippen molar-refractivity contribution in [2.75, 3.05) is 14.2 Å². The van der Waals surface area contributed by atoms with Gasteiger partial charge in [-0.2, -0.15) is 0 Å². The maximum absolute atomic E-state index is 6.10. The summed E-state index contributed by atoms with van der Waals surface area (Å²) < 4.78 is 10.3. The van der Waals surface area contributed by atoms with Crippen molar-refractivity contribution in [1.82, 2.24) is 0 Å². The normalized spacial score (nSPS) is 10.1. The lowest BCUT2D eigenvalue weighted by molar-refractivity contribution is 0.354. The molecule has 0 aromatic heterocycles. The highest BCUT2D eigenvalue weighted by molar-refractivity contribution is 6.33. The fourth-order valence-electron chi connectivity index (χ4n) is 1.31. The number of halogens is 1. The molecule has 0 heterocycles. The van der Waals surface area contributed by atoms with E-state index >= 15 is 0 Å². The third-order valence-corrected chi connectivity index (χ3v) is 2.64. The van der Waals surface area contributed by atoms with Crippen molar-refractivity contribution in [3.63, 3.8) is 0 Å². The Morgan fingerprint density at radius 1 is 1.36 bits per heavy atom. The molecule has 0 saturated carbocycles. The van der Waals surface area contributed by atoms with Crippen LogP contribution in [0.2, 0.25) is 5.02 Å². The molecule has 0 aliphatic rings. The lowest BCUT2D eigenvalue weighted by atomic mass is 10.1. The molecule has 0 fully saturated rings. The number of benzene rings is 1. The van der Waals surface area contributed by atoms with E-state index in [1.807, 2.05) is 13.0 Å². The minimum atomic E-state index is 0.436. The molecule has 0 unspecified atom stereocenters. The molecule has 0 amide bonds. The van der Waals surface area contributed by atoms with E-state index in [9.17, 15) is 0 Å². The zero-order valence-electron chi connectivity index (χ0n) is 8.56. The van der Waals surface area contributed by atoms with Gasteiger partial charge < -0.3 is 15.2 Å². The van der Waals surface area contributed by atoms with E-state index in [1.165, 1.54) is 0 Å². The maximum atomic E-state index is 6.10. The Morgan fingerprint density at radius 2 is 2.00 bits per heavy atom. The fraction of sp³-hybridized carbons (Fsp3) is 0.400. The zero-order valence-corrected chi connectivity index (χ0v) is 9.31. The first kappa shape index (κ1) is 11.1. The van der Waals surface area contributed by atoms with E-state index in [4.69, 9.17) is 26.8 Å². The van der Waals surface area contributed by atoms with Crippen LogP contribution in [0.3, 0.4) is 0 Å².